The standard InChI is InChI=1S/C13H13N3O/c1-9-6-11(15-17-9)8-16-7-10-4-2-3-5-12(10)13(16)14/h2-6,14H,7-8H2,1H3. The quantitative estimate of drug-likeness (QED) is 0.856. The van der Waals surface area contributed by atoms with Gasteiger partial charge in [0.2, 0.25) is 0 Å². The van der Waals surface area contributed by atoms with Gasteiger partial charge >= 0.3 is 0 Å². The average Bonchev–Trinajstić information content (AvgIpc) is 2.86. The summed E-state index contributed by atoms with van der Waals surface area (Å²) >= 11 is 0. The first-order valence-electron chi connectivity index (χ1n) is 5.58. The third kappa shape index (κ3) is 1.71. The predicted molar refractivity (Wildman–Crippen MR) is 63.8 cm³/mol. The number of fused-ring (bicyclic) bond motifs is 1. The minimum absolute atomic E-state index is 0.571. The molecule has 2 aromatic rings. The van der Waals surface area contributed by atoms with Crippen molar-refractivity contribution in [3.05, 3.63) is 52.9 Å². The zero-order chi connectivity index (χ0) is 11.8. The number of nitrogens with one attached hydrogen (secondary N) is 1. The van der Waals surface area contributed by atoms with Crippen LogP contribution >= 0.6 is 0 Å². The largest absolute Gasteiger partial charge is 0.361 e. The number of benzene rings is 1. The van der Waals surface area contributed by atoms with Gasteiger partial charge in [-0.1, -0.05) is 29.4 Å². The molecular weight excluding hydrogens is 214 g/mol. The highest BCUT2D eigenvalue weighted by atomic mass is 16.5. The topological polar surface area (TPSA) is 53.1 Å². The molecule has 0 atom stereocenters. The lowest BCUT2D eigenvalue weighted by atomic mass is 10.1. The summed E-state index contributed by atoms with van der Waals surface area (Å²) in [5.74, 6) is 1.38. The van der Waals surface area contributed by atoms with Gasteiger partial charge in [0.15, 0.2) is 0 Å². The van der Waals surface area contributed by atoms with E-state index < -0.39 is 0 Å². The Bertz CT molecular complexity index is 574. The molecule has 2 heterocycles. The fourth-order valence-corrected chi connectivity index (χ4v) is 2.17. The molecule has 0 radical (unpaired) electrons. The Labute approximate surface area is 99.4 Å². The molecule has 0 saturated heterocycles. The van der Waals surface area contributed by atoms with Gasteiger partial charge in [0, 0.05) is 18.2 Å². The number of hydrogen-bond donors (Lipinski definition) is 1. The van der Waals surface area contributed by atoms with Gasteiger partial charge in [-0.3, -0.25) is 5.41 Å². The summed E-state index contributed by atoms with van der Waals surface area (Å²) in [7, 11) is 0. The van der Waals surface area contributed by atoms with Gasteiger partial charge in [0.1, 0.15) is 17.3 Å². The lowest BCUT2D eigenvalue weighted by Gasteiger charge is -2.15. The highest BCUT2D eigenvalue weighted by Crippen LogP contribution is 2.23. The number of nitrogens with zero attached hydrogens (tertiary/aromatic N) is 2. The molecule has 0 aliphatic carbocycles. The van der Waals surface area contributed by atoms with Crippen LogP contribution in [-0.2, 0) is 13.1 Å². The van der Waals surface area contributed by atoms with E-state index in [0.717, 1.165) is 23.6 Å². The third-order valence-electron chi connectivity index (χ3n) is 2.98. The molecular formula is C13H13N3O. The van der Waals surface area contributed by atoms with Crippen LogP contribution in [0.4, 0.5) is 0 Å². The minimum atomic E-state index is 0.571. The molecule has 0 amide bonds. The number of rotatable bonds is 2. The van der Waals surface area contributed by atoms with Crippen molar-refractivity contribution in [2.75, 3.05) is 0 Å². The van der Waals surface area contributed by atoms with Crippen LogP contribution in [0.25, 0.3) is 0 Å². The van der Waals surface area contributed by atoms with E-state index in [2.05, 4.69) is 11.2 Å². The van der Waals surface area contributed by atoms with Crippen LogP contribution in [-0.4, -0.2) is 15.9 Å². The summed E-state index contributed by atoms with van der Waals surface area (Å²) < 4.78 is 5.04. The Morgan fingerprint density at radius 3 is 2.94 bits per heavy atom. The number of aromatic nitrogens is 1. The van der Waals surface area contributed by atoms with Crippen molar-refractivity contribution in [1.82, 2.24) is 10.1 Å². The molecule has 0 fully saturated rings. The van der Waals surface area contributed by atoms with E-state index in [9.17, 15) is 0 Å². The second kappa shape index (κ2) is 3.73. The first kappa shape index (κ1) is 10.1. The zero-order valence-corrected chi connectivity index (χ0v) is 9.60. The zero-order valence-electron chi connectivity index (χ0n) is 9.60. The molecule has 0 bridgehead atoms. The highest BCUT2D eigenvalue weighted by Gasteiger charge is 2.24. The fraction of sp³-hybridized carbons (Fsp3) is 0.231. The maximum atomic E-state index is 8.11. The summed E-state index contributed by atoms with van der Waals surface area (Å²) in [5.41, 5.74) is 3.10. The van der Waals surface area contributed by atoms with E-state index in [4.69, 9.17) is 9.93 Å². The molecule has 0 saturated carbocycles. The summed E-state index contributed by atoms with van der Waals surface area (Å²) in [4.78, 5) is 2.00. The summed E-state index contributed by atoms with van der Waals surface area (Å²) in [5, 5.41) is 12.1. The minimum Gasteiger partial charge on any atom is -0.361 e. The first-order valence-corrected chi connectivity index (χ1v) is 5.58. The fourth-order valence-electron chi connectivity index (χ4n) is 2.17. The van der Waals surface area contributed by atoms with Crippen molar-refractivity contribution >= 4 is 5.84 Å². The van der Waals surface area contributed by atoms with Crippen LogP contribution in [0.3, 0.4) is 0 Å². The van der Waals surface area contributed by atoms with E-state index in [1.165, 1.54) is 5.56 Å². The molecule has 1 N–H and O–H groups in total. The smallest absolute Gasteiger partial charge is 0.133 e. The highest BCUT2D eigenvalue weighted by molar-refractivity contribution is 6.00. The van der Waals surface area contributed by atoms with E-state index in [0.29, 0.717) is 12.4 Å². The molecule has 1 aliphatic rings. The van der Waals surface area contributed by atoms with Crippen LogP contribution in [0.5, 0.6) is 0 Å². The van der Waals surface area contributed by atoms with Gasteiger partial charge in [0.05, 0.1) is 6.54 Å². The van der Waals surface area contributed by atoms with E-state index in [1.807, 2.05) is 36.1 Å². The van der Waals surface area contributed by atoms with E-state index in [-0.39, 0.29) is 0 Å². The van der Waals surface area contributed by atoms with Crippen molar-refractivity contribution in [3.8, 4) is 0 Å². The second-order valence-electron chi connectivity index (χ2n) is 4.29. The van der Waals surface area contributed by atoms with Gasteiger partial charge in [-0.05, 0) is 12.5 Å². The summed E-state index contributed by atoms with van der Waals surface area (Å²) in [6, 6.07) is 9.95. The summed E-state index contributed by atoms with van der Waals surface area (Å²) in [6.07, 6.45) is 0. The predicted octanol–water partition coefficient (Wildman–Crippen LogP) is 2.32. The van der Waals surface area contributed by atoms with Crippen molar-refractivity contribution < 1.29 is 4.52 Å². The maximum Gasteiger partial charge on any atom is 0.133 e. The molecule has 4 nitrogen and oxygen atoms in total. The Kier molecular flexibility index (Phi) is 2.21. The third-order valence-corrected chi connectivity index (χ3v) is 2.98. The lowest BCUT2D eigenvalue weighted by molar-refractivity contribution is 0.363. The number of hydrogen-bond acceptors (Lipinski definition) is 3. The Morgan fingerprint density at radius 1 is 1.41 bits per heavy atom. The van der Waals surface area contributed by atoms with Crippen molar-refractivity contribution in [2.45, 2.75) is 20.0 Å². The van der Waals surface area contributed by atoms with E-state index in [1.54, 1.807) is 0 Å². The maximum absolute atomic E-state index is 8.11. The van der Waals surface area contributed by atoms with Crippen LogP contribution in [0.1, 0.15) is 22.6 Å². The molecule has 1 aromatic carbocycles. The van der Waals surface area contributed by atoms with Crippen LogP contribution < -0.4 is 0 Å². The normalized spacial score (nSPS) is 14.2. The molecule has 4 heteroatoms. The second-order valence-corrected chi connectivity index (χ2v) is 4.29. The van der Waals surface area contributed by atoms with E-state index >= 15 is 0 Å². The molecule has 0 spiro atoms. The van der Waals surface area contributed by atoms with Gasteiger partial charge in [0.25, 0.3) is 0 Å². The molecule has 86 valence electrons. The Morgan fingerprint density at radius 2 is 2.24 bits per heavy atom. The molecule has 17 heavy (non-hydrogen) atoms. The van der Waals surface area contributed by atoms with Gasteiger partial charge in [-0.25, -0.2) is 0 Å². The summed E-state index contributed by atoms with van der Waals surface area (Å²) in [6.45, 7) is 3.28. The average molecular weight is 227 g/mol. The van der Waals surface area contributed by atoms with Crippen LogP contribution in [0.15, 0.2) is 34.9 Å². The lowest BCUT2D eigenvalue weighted by Crippen LogP contribution is -2.23. The Hall–Kier alpha value is -2.10. The monoisotopic (exact) mass is 227 g/mol. The van der Waals surface area contributed by atoms with Gasteiger partial charge < -0.3 is 9.42 Å². The van der Waals surface area contributed by atoms with Crippen LogP contribution in [0.2, 0.25) is 0 Å². The molecule has 0 unspecified atom stereocenters. The van der Waals surface area contributed by atoms with Crippen molar-refractivity contribution in [2.24, 2.45) is 0 Å². The van der Waals surface area contributed by atoms with Gasteiger partial charge in [-0.2, -0.15) is 0 Å². The molecule has 3 rings (SSSR count). The number of aryl methyl sites for hydroxylation is 1. The SMILES string of the molecule is Cc1cc(CN2Cc3ccccc3C2=N)no1. The first-order chi connectivity index (χ1) is 8.24. The van der Waals surface area contributed by atoms with Crippen molar-refractivity contribution in [1.29, 1.82) is 5.41 Å². The Balaban J connectivity index is 1.82. The molecule has 1 aromatic heterocycles. The van der Waals surface area contributed by atoms with Crippen LogP contribution in [0, 0.1) is 12.3 Å². The molecule has 1 aliphatic heterocycles. The van der Waals surface area contributed by atoms with Crippen molar-refractivity contribution in [3.63, 3.8) is 0 Å². The number of amidine groups is 1. The van der Waals surface area contributed by atoms with Gasteiger partial charge in [-0.15, -0.1) is 0 Å².